The molecule has 1 saturated heterocycles. The minimum Gasteiger partial charge on any atom is -0.493 e. The number of aromatic nitrogens is 1. The average Bonchev–Trinajstić information content (AvgIpc) is 3.55. The summed E-state index contributed by atoms with van der Waals surface area (Å²) in [6.07, 6.45) is 0. The van der Waals surface area contributed by atoms with Crippen molar-refractivity contribution in [1.29, 1.82) is 0 Å². The van der Waals surface area contributed by atoms with Gasteiger partial charge in [-0.2, -0.15) is 0 Å². The second-order valence-electron chi connectivity index (χ2n) is 10.6. The SMILES string of the molecule is CCOC(=O)c1ccc(N2C(=O)[C@H]3[C@H](c4ccc(OCC(=O)Nc5ccc(C)cc5)c(OC)c4)c4sc(=O)[nH]c4S[C@H]3C2=O)cc1. The third-order valence-electron chi connectivity index (χ3n) is 7.70. The molecular weight excluding hydrogens is 631 g/mol. The first-order valence-corrected chi connectivity index (χ1v) is 16.1. The van der Waals surface area contributed by atoms with Crippen LogP contribution in [0, 0.1) is 12.8 Å². The Morgan fingerprint density at radius 2 is 1.70 bits per heavy atom. The van der Waals surface area contributed by atoms with Crippen LogP contribution < -0.4 is 24.6 Å². The Labute approximate surface area is 271 Å². The molecule has 6 rings (SSSR count). The summed E-state index contributed by atoms with van der Waals surface area (Å²) in [6.45, 7) is 3.61. The van der Waals surface area contributed by atoms with Crippen LogP contribution in [0.1, 0.15) is 39.2 Å². The largest absolute Gasteiger partial charge is 0.493 e. The normalized spacial score (nSPS) is 18.5. The summed E-state index contributed by atoms with van der Waals surface area (Å²) in [6, 6.07) is 18.6. The Morgan fingerprint density at radius 3 is 2.39 bits per heavy atom. The van der Waals surface area contributed by atoms with Crippen molar-refractivity contribution in [2.24, 2.45) is 5.92 Å². The summed E-state index contributed by atoms with van der Waals surface area (Å²) < 4.78 is 16.4. The molecule has 13 heteroatoms. The number of methoxy groups -OCH3 is 1. The van der Waals surface area contributed by atoms with E-state index < -0.39 is 34.9 Å². The van der Waals surface area contributed by atoms with Gasteiger partial charge in [0.2, 0.25) is 11.8 Å². The molecule has 0 radical (unpaired) electrons. The lowest BCUT2D eigenvalue weighted by Crippen LogP contribution is -2.32. The minimum atomic E-state index is -0.821. The lowest BCUT2D eigenvalue weighted by Gasteiger charge is -2.30. The fourth-order valence-electron chi connectivity index (χ4n) is 5.57. The Kier molecular flexibility index (Phi) is 8.69. The van der Waals surface area contributed by atoms with E-state index in [-0.39, 0.29) is 24.0 Å². The van der Waals surface area contributed by atoms with Crippen molar-refractivity contribution in [3.05, 3.63) is 98.0 Å². The van der Waals surface area contributed by atoms with Gasteiger partial charge in [0.25, 0.3) is 5.91 Å². The van der Waals surface area contributed by atoms with Crippen LogP contribution in [0.15, 0.2) is 76.6 Å². The molecule has 2 aliphatic rings. The molecule has 2 aliphatic heterocycles. The number of hydrogen-bond acceptors (Lipinski definition) is 10. The number of nitrogens with zero attached hydrogens (tertiary/aromatic N) is 1. The van der Waals surface area contributed by atoms with E-state index in [2.05, 4.69) is 10.3 Å². The van der Waals surface area contributed by atoms with Gasteiger partial charge in [-0.15, -0.1) is 0 Å². The molecule has 3 aromatic carbocycles. The van der Waals surface area contributed by atoms with E-state index in [1.54, 1.807) is 49.4 Å². The monoisotopic (exact) mass is 659 g/mol. The van der Waals surface area contributed by atoms with E-state index in [1.807, 2.05) is 19.1 Å². The Morgan fingerprint density at radius 1 is 0.957 bits per heavy atom. The number of benzene rings is 3. The predicted molar refractivity (Wildman–Crippen MR) is 173 cm³/mol. The highest BCUT2D eigenvalue weighted by Gasteiger charge is 2.56. The molecular formula is C33H29N3O8S2. The first-order valence-electron chi connectivity index (χ1n) is 14.4. The van der Waals surface area contributed by atoms with Crippen LogP contribution in [-0.4, -0.2) is 54.2 Å². The summed E-state index contributed by atoms with van der Waals surface area (Å²) in [7, 11) is 1.46. The van der Waals surface area contributed by atoms with Gasteiger partial charge in [-0.1, -0.05) is 46.9 Å². The number of thiazole rings is 1. The zero-order valence-corrected chi connectivity index (χ0v) is 26.7. The Hall–Kier alpha value is -4.88. The summed E-state index contributed by atoms with van der Waals surface area (Å²) >= 11 is 2.16. The van der Waals surface area contributed by atoms with E-state index in [9.17, 15) is 24.0 Å². The van der Waals surface area contributed by atoms with Crippen LogP contribution in [0.25, 0.3) is 0 Å². The first kappa shape index (κ1) is 31.1. The number of aromatic amines is 1. The maximum atomic E-state index is 14.1. The van der Waals surface area contributed by atoms with Crippen molar-refractivity contribution < 1.29 is 33.4 Å². The molecule has 0 aliphatic carbocycles. The summed E-state index contributed by atoms with van der Waals surface area (Å²) in [4.78, 5) is 69.3. The molecule has 4 aromatic rings. The number of aryl methyl sites for hydroxylation is 1. The highest BCUT2D eigenvalue weighted by atomic mass is 32.2. The number of hydrogen-bond donors (Lipinski definition) is 2. The first-order chi connectivity index (χ1) is 22.2. The topological polar surface area (TPSA) is 144 Å². The quantitative estimate of drug-likeness (QED) is 0.192. The zero-order chi connectivity index (χ0) is 32.5. The number of amides is 3. The number of imide groups is 1. The van der Waals surface area contributed by atoms with Crippen molar-refractivity contribution in [3.63, 3.8) is 0 Å². The van der Waals surface area contributed by atoms with Crippen molar-refractivity contribution in [2.45, 2.75) is 30.0 Å². The van der Waals surface area contributed by atoms with Gasteiger partial charge in [0.1, 0.15) is 5.25 Å². The fourth-order valence-corrected chi connectivity index (χ4v) is 8.08. The second-order valence-corrected chi connectivity index (χ2v) is 12.8. The molecule has 46 heavy (non-hydrogen) atoms. The van der Waals surface area contributed by atoms with Gasteiger partial charge in [0, 0.05) is 16.5 Å². The second kappa shape index (κ2) is 12.9. The summed E-state index contributed by atoms with van der Waals surface area (Å²) in [5, 5.41) is 2.52. The number of carbonyl (C=O) groups is 4. The predicted octanol–water partition coefficient (Wildman–Crippen LogP) is 4.74. The van der Waals surface area contributed by atoms with Gasteiger partial charge in [0.05, 0.1) is 35.9 Å². The summed E-state index contributed by atoms with van der Waals surface area (Å²) in [5.41, 5.74) is 2.99. The molecule has 0 saturated carbocycles. The van der Waals surface area contributed by atoms with E-state index in [0.717, 1.165) is 21.8 Å². The number of fused-ring (bicyclic) bond motifs is 2. The van der Waals surface area contributed by atoms with Gasteiger partial charge in [-0.25, -0.2) is 9.69 Å². The Balaban J connectivity index is 1.27. The zero-order valence-electron chi connectivity index (χ0n) is 25.0. The third-order valence-corrected chi connectivity index (χ3v) is 10.1. The number of ether oxygens (including phenoxy) is 3. The van der Waals surface area contributed by atoms with Crippen molar-refractivity contribution in [2.75, 3.05) is 30.5 Å². The van der Waals surface area contributed by atoms with Crippen LogP contribution in [0.4, 0.5) is 11.4 Å². The molecule has 2 N–H and O–H groups in total. The smallest absolute Gasteiger partial charge is 0.338 e. The van der Waals surface area contributed by atoms with Crippen LogP contribution >= 0.6 is 23.1 Å². The number of H-pyrrole nitrogens is 1. The molecule has 0 spiro atoms. The number of nitrogens with one attached hydrogen (secondary N) is 2. The molecule has 3 heterocycles. The molecule has 0 unspecified atom stereocenters. The fraction of sp³-hybridized carbons (Fsp3) is 0.242. The highest BCUT2D eigenvalue weighted by Crippen LogP contribution is 2.53. The maximum Gasteiger partial charge on any atom is 0.338 e. The van der Waals surface area contributed by atoms with E-state index in [0.29, 0.717) is 43.9 Å². The number of thioether (sulfide) groups is 1. The standard InChI is InChI=1S/C33H29N3O8S2/c1-4-43-32(40)18-7-12-21(13-8-18)36-30(38)26-25(27-29(35-33(41)46-27)45-28(26)31(36)39)19-9-14-22(23(15-19)42-3)44-16-24(37)34-20-10-5-17(2)6-11-20/h5-15,25-26,28H,4,16H2,1-3H3,(H,34,37)(H,35,41)/t25-,26-,28+/m0/s1. The Bertz CT molecular complexity index is 1880. The van der Waals surface area contributed by atoms with Gasteiger partial charge < -0.3 is 24.5 Å². The molecule has 11 nitrogen and oxygen atoms in total. The highest BCUT2D eigenvalue weighted by molar-refractivity contribution is 8.00. The molecule has 3 amide bonds. The third kappa shape index (κ3) is 5.90. The van der Waals surface area contributed by atoms with Crippen LogP contribution in [0.2, 0.25) is 0 Å². The van der Waals surface area contributed by atoms with Crippen LogP contribution in [0.3, 0.4) is 0 Å². The maximum absolute atomic E-state index is 14.1. The molecule has 3 atom stereocenters. The molecule has 1 fully saturated rings. The summed E-state index contributed by atoms with van der Waals surface area (Å²) in [5.74, 6) is -2.52. The minimum absolute atomic E-state index is 0.221. The van der Waals surface area contributed by atoms with Crippen molar-refractivity contribution in [1.82, 2.24) is 4.98 Å². The van der Waals surface area contributed by atoms with Crippen molar-refractivity contribution in [3.8, 4) is 11.5 Å². The van der Waals surface area contributed by atoms with E-state index in [1.165, 1.54) is 31.0 Å². The molecule has 1 aromatic heterocycles. The number of carbonyl (C=O) groups excluding carboxylic acids is 4. The number of esters is 1. The van der Waals surface area contributed by atoms with Gasteiger partial charge in [0.15, 0.2) is 18.1 Å². The lowest BCUT2D eigenvalue weighted by molar-refractivity contribution is -0.122. The number of rotatable bonds is 9. The molecule has 0 bridgehead atoms. The van der Waals surface area contributed by atoms with Gasteiger partial charge in [-0.05, 0) is 67.9 Å². The molecule has 236 valence electrons. The lowest BCUT2D eigenvalue weighted by atomic mass is 9.83. The average molecular weight is 660 g/mol. The van der Waals surface area contributed by atoms with E-state index in [4.69, 9.17) is 14.2 Å². The van der Waals surface area contributed by atoms with Gasteiger partial charge in [-0.3, -0.25) is 19.2 Å². The van der Waals surface area contributed by atoms with Crippen molar-refractivity contribution >= 4 is 58.2 Å². The van der Waals surface area contributed by atoms with Crippen LogP contribution in [-0.2, 0) is 19.1 Å². The van der Waals surface area contributed by atoms with Gasteiger partial charge >= 0.3 is 10.8 Å². The number of anilines is 2. The van der Waals surface area contributed by atoms with E-state index >= 15 is 0 Å². The van der Waals surface area contributed by atoms with Crippen LogP contribution in [0.5, 0.6) is 11.5 Å².